The molecule has 424 valence electrons. The van der Waals surface area contributed by atoms with Crippen LogP contribution in [0.5, 0.6) is 0 Å². The summed E-state index contributed by atoms with van der Waals surface area (Å²) >= 11 is 0. The van der Waals surface area contributed by atoms with Crippen molar-refractivity contribution in [1.82, 2.24) is 0 Å². The zero-order valence-corrected chi connectivity index (χ0v) is 48.9. The number of phosphoric ester groups is 1. The predicted octanol–water partition coefficient (Wildman–Crippen LogP) is 18.0. The minimum Gasteiger partial charge on any atom is -0.756 e. The van der Waals surface area contributed by atoms with Crippen molar-refractivity contribution in [1.29, 1.82) is 0 Å². The Balaban J connectivity index is 4.17. The van der Waals surface area contributed by atoms with Crippen LogP contribution < -0.4 is 4.89 Å². The van der Waals surface area contributed by atoms with E-state index in [1.807, 2.05) is 21.1 Å². The van der Waals surface area contributed by atoms with Gasteiger partial charge in [-0.25, -0.2) is 0 Å². The molecule has 0 heterocycles. The first-order valence-corrected chi connectivity index (χ1v) is 31.1. The Hall–Kier alpha value is -3.33. The standard InChI is InChI=1S/C64H110NO8P/c1-6-8-10-12-14-16-18-20-22-24-26-27-28-29-30-31-32-33-34-35-36-37-39-41-43-45-47-49-51-53-55-57-64(67)73-62(61-72-74(68,69)71-59-58-65(3,4)5)60-70-63(66)56-54-52-50-48-46-44-42-40-38-25-23-21-19-17-15-13-11-9-7-2/h8,10,14-17,20-23,26-27,29-30,32-33,38,40,62H,6-7,9,11-13,18-19,24-25,28,31,34-37,39,41-61H2,1-5H3/b10-8-,16-14-,17-15-,22-20-,23-21-,27-26-,30-29-,33-32-,40-38-. The fourth-order valence-electron chi connectivity index (χ4n) is 7.72. The summed E-state index contributed by atoms with van der Waals surface area (Å²) in [4.78, 5) is 37.9. The third-order valence-electron chi connectivity index (χ3n) is 12.3. The van der Waals surface area contributed by atoms with Crippen LogP contribution in [-0.2, 0) is 32.7 Å². The van der Waals surface area contributed by atoms with E-state index in [9.17, 15) is 19.0 Å². The lowest BCUT2D eigenvalue weighted by Crippen LogP contribution is -2.37. The van der Waals surface area contributed by atoms with Gasteiger partial charge in [-0.3, -0.25) is 14.2 Å². The van der Waals surface area contributed by atoms with E-state index in [0.717, 1.165) is 109 Å². The second kappa shape index (κ2) is 54.5. The summed E-state index contributed by atoms with van der Waals surface area (Å²) in [5.74, 6) is -0.854. The molecule has 9 nitrogen and oxygen atoms in total. The second-order valence-corrected chi connectivity index (χ2v) is 22.0. The number of nitrogens with zero attached hydrogens (tertiary/aromatic N) is 1. The lowest BCUT2D eigenvalue weighted by atomic mass is 10.0. The monoisotopic (exact) mass is 1050 g/mol. The van der Waals surface area contributed by atoms with Crippen molar-refractivity contribution in [2.24, 2.45) is 0 Å². The summed E-state index contributed by atoms with van der Waals surface area (Å²) in [5, 5.41) is 0. The summed E-state index contributed by atoms with van der Waals surface area (Å²) in [6.07, 6.45) is 75.6. The van der Waals surface area contributed by atoms with E-state index < -0.39 is 32.5 Å². The average Bonchev–Trinajstić information content (AvgIpc) is 3.36. The normalized spacial score (nSPS) is 14.1. The third-order valence-corrected chi connectivity index (χ3v) is 13.2. The maximum absolute atomic E-state index is 12.8. The molecule has 0 radical (unpaired) electrons. The van der Waals surface area contributed by atoms with Crippen LogP contribution in [0.2, 0.25) is 0 Å². The van der Waals surface area contributed by atoms with Gasteiger partial charge in [0.05, 0.1) is 27.7 Å². The van der Waals surface area contributed by atoms with E-state index in [1.54, 1.807) is 0 Å². The number of allylic oxidation sites excluding steroid dienone is 18. The van der Waals surface area contributed by atoms with Crippen LogP contribution in [0.3, 0.4) is 0 Å². The molecule has 0 aromatic carbocycles. The number of carbonyl (C=O) groups is 2. The van der Waals surface area contributed by atoms with Crippen LogP contribution in [0.1, 0.15) is 232 Å². The van der Waals surface area contributed by atoms with Gasteiger partial charge >= 0.3 is 11.9 Å². The molecule has 0 aromatic heterocycles. The van der Waals surface area contributed by atoms with E-state index in [-0.39, 0.29) is 26.1 Å². The number of rotatable bonds is 53. The van der Waals surface area contributed by atoms with Gasteiger partial charge in [-0.05, 0) is 103 Å². The van der Waals surface area contributed by atoms with Gasteiger partial charge in [0.1, 0.15) is 19.8 Å². The Morgan fingerprint density at radius 3 is 1.15 bits per heavy atom. The van der Waals surface area contributed by atoms with E-state index in [1.165, 1.54) is 83.5 Å². The van der Waals surface area contributed by atoms with Crippen LogP contribution in [0.25, 0.3) is 0 Å². The smallest absolute Gasteiger partial charge is 0.306 e. The molecule has 0 saturated carbocycles. The van der Waals surface area contributed by atoms with Crippen LogP contribution >= 0.6 is 7.82 Å². The molecule has 0 rings (SSSR count). The lowest BCUT2D eigenvalue weighted by molar-refractivity contribution is -0.870. The molecule has 10 heteroatoms. The van der Waals surface area contributed by atoms with Crippen molar-refractivity contribution >= 4 is 19.8 Å². The zero-order chi connectivity index (χ0) is 54.2. The van der Waals surface area contributed by atoms with Crippen molar-refractivity contribution in [2.75, 3.05) is 47.5 Å². The van der Waals surface area contributed by atoms with Crippen LogP contribution in [0.4, 0.5) is 0 Å². The highest BCUT2D eigenvalue weighted by Gasteiger charge is 2.21. The zero-order valence-electron chi connectivity index (χ0n) is 48.0. The highest BCUT2D eigenvalue weighted by molar-refractivity contribution is 7.45. The first kappa shape index (κ1) is 70.7. The van der Waals surface area contributed by atoms with Crippen molar-refractivity contribution in [2.45, 2.75) is 238 Å². The first-order chi connectivity index (χ1) is 36.0. The minimum atomic E-state index is -4.65. The molecule has 0 amide bonds. The number of quaternary nitrogens is 1. The summed E-state index contributed by atoms with van der Waals surface area (Å²) in [7, 11) is 1.15. The van der Waals surface area contributed by atoms with E-state index in [0.29, 0.717) is 23.9 Å². The fraction of sp³-hybridized carbons (Fsp3) is 0.688. The van der Waals surface area contributed by atoms with Gasteiger partial charge in [-0.15, -0.1) is 0 Å². The molecule has 0 aliphatic carbocycles. The summed E-state index contributed by atoms with van der Waals surface area (Å²) < 4.78 is 34.2. The highest BCUT2D eigenvalue weighted by atomic mass is 31.2. The fourth-order valence-corrected chi connectivity index (χ4v) is 8.45. The van der Waals surface area contributed by atoms with Gasteiger partial charge in [-0.1, -0.05) is 226 Å². The Kier molecular flexibility index (Phi) is 52.0. The number of unbranched alkanes of at least 4 members (excludes halogenated alkanes) is 21. The maximum Gasteiger partial charge on any atom is 0.306 e. The average molecular weight is 1050 g/mol. The van der Waals surface area contributed by atoms with E-state index in [2.05, 4.69) is 123 Å². The van der Waals surface area contributed by atoms with Crippen LogP contribution in [0.15, 0.2) is 109 Å². The number of hydrogen-bond donors (Lipinski definition) is 0. The molecule has 2 atom stereocenters. The summed E-state index contributed by atoms with van der Waals surface area (Å²) in [6.45, 7) is 4.08. The van der Waals surface area contributed by atoms with Crippen molar-refractivity contribution in [3.05, 3.63) is 109 Å². The topological polar surface area (TPSA) is 111 Å². The first-order valence-electron chi connectivity index (χ1n) is 29.6. The summed E-state index contributed by atoms with van der Waals surface area (Å²) in [6, 6.07) is 0. The molecule has 0 N–H and O–H groups in total. The number of esters is 2. The SMILES string of the molecule is CC/C=C\C/C=C\C/C=C\C/C=C\C/C=C\C/C=C\CCCCCCCCCCCCCCC(=O)OC(COC(=O)CCCCCCCC/C=C\C/C=C\C/C=C\CCCCC)COP(=O)([O-])OCC[N+](C)(C)C. The molecule has 0 fully saturated rings. The van der Waals surface area contributed by atoms with Gasteiger partial charge in [0.2, 0.25) is 0 Å². The number of likely N-dealkylation sites (N-methyl/N-ethyl adjacent to an activating group) is 1. The number of hydrogen-bond acceptors (Lipinski definition) is 8. The van der Waals surface area contributed by atoms with E-state index in [4.69, 9.17) is 18.5 Å². The van der Waals surface area contributed by atoms with Gasteiger partial charge in [0.15, 0.2) is 6.10 Å². The molecule has 0 bridgehead atoms. The minimum absolute atomic E-state index is 0.0385. The molecule has 0 aromatic rings. The highest BCUT2D eigenvalue weighted by Crippen LogP contribution is 2.38. The Labute approximate surface area is 455 Å². The number of ether oxygens (including phenoxy) is 2. The Morgan fingerprint density at radius 2 is 0.770 bits per heavy atom. The predicted molar refractivity (Wildman–Crippen MR) is 314 cm³/mol. The quantitative estimate of drug-likeness (QED) is 0.0195. The van der Waals surface area contributed by atoms with Crippen LogP contribution in [0, 0.1) is 0 Å². The molecule has 0 saturated heterocycles. The van der Waals surface area contributed by atoms with Crippen molar-refractivity contribution < 1.29 is 42.1 Å². The number of carbonyl (C=O) groups excluding carboxylic acids is 2. The van der Waals surface area contributed by atoms with Crippen LogP contribution in [-0.4, -0.2) is 70.0 Å². The Bertz CT molecular complexity index is 1620. The lowest BCUT2D eigenvalue weighted by Gasteiger charge is -2.28. The third kappa shape index (κ3) is 57.9. The van der Waals surface area contributed by atoms with Crippen molar-refractivity contribution in [3.63, 3.8) is 0 Å². The molecule has 74 heavy (non-hydrogen) atoms. The molecule has 0 spiro atoms. The van der Waals surface area contributed by atoms with Gasteiger partial charge in [0.25, 0.3) is 7.82 Å². The van der Waals surface area contributed by atoms with E-state index >= 15 is 0 Å². The summed E-state index contributed by atoms with van der Waals surface area (Å²) in [5.41, 5.74) is 0. The molecule has 0 aliphatic heterocycles. The second-order valence-electron chi connectivity index (χ2n) is 20.6. The van der Waals surface area contributed by atoms with Gasteiger partial charge in [-0.2, -0.15) is 0 Å². The molecule has 0 aliphatic rings. The van der Waals surface area contributed by atoms with Gasteiger partial charge in [0, 0.05) is 12.8 Å². The maximum atomic E-state index is 12.8. The largest absolute Gasteiger partial charge is 0.756 e. The van der Waals surface area contributed by atoms with Gasteiger partial charge < -0.3 is 27.9 Å². The van der Waals surface area contributed by atoms with Crippen molar-refractivity contribution in [3.8, 4) is 0 Å². The molecular formula is C64H110NO8P. The Morgan fingerprint density at radius 1 is 0.432 bits per heavy atom. The molecular weight excluding hydrogens is 942 g/mol. The molecule has 2 unspecified atom stereocenters. The number of phosphoric acid groups is 1.